The largest absolute Gasteiger partial charge is 0.481 e. The number of hydrogen-bond acceptors (Lipinski definition) is 2. The summed E-state index contributed by atoms with van der Waals surface area (Å²) in [4.78, 5) is 11.6. The molecular formula is C14H14Br2N2O2. The van der Waals surface area contributed by atoms with Crippen LogP contribution in [0, 0.1) is 6.92 Å². The Labute approximate surface area is 134 Å². The molecule has 0 spiro atoms. The first-order valence-electron chi connectivity index (χ1n) is 6.06. The van der Waals surface area contributed by atoms with Crippen molar-refractivity contribution >= 4 is 37.8 Å². The standard InChI is InChI=1S/C14H14Br2N2O2/c1-8-13(16)12(18(2)17-8)7-11(14(19)20)9-4-3-5-10(15)6-9/h3-6,11H,7H2,1-2H3,(H,19,20). The Kier molecular flexibility index (Phi) is 4.65. The lowest BCUT2D eigenvalue weighted by atomic mass is 9.94. The van der Waals surface area contributed by atoms with Crippen LogP contribution in [0.4, 0.5) is 0 Å². The average molecular weight is 402 g/mol. The maximum absolute atomic E-state index is 11.6. The molecule has 2 aromatic rings. The van der Waals surface area contributed by atoms with Gasteiger partial charge in [-0.15, -0.1) is 0 Å². The fourth-order valence-corrected chi connectivity index (χ4v) is 3.08. The summed E-state index contributed by atoms with van der Waals surface area (Å²) in [7, 11) is 1.83. The summed E-state index contributed by atoms with van der Waals surface area (Å²) >= 11 is 6.86. The molecule has 1 N–H and O–H groups in total. The Bertz CT molecular complexity index is 653. The Hall–Kier alpha value is -1.14. The molecule has 0 saturated heterocycles. The summed E-state index contributed by atoms with van der Waals surface area (Å²) in [6.07, 6.45) is 0.393. The van der Waals surface area contributed by atoms with E-state index < -0.39 is 11.9 Å². The number of nitrogens with zero attached hydrogens (tertiary/aromatic N) is 2. The Morgan fingerprint density at radius 3 is 2.65 bits per heavy atom. The minimum atomic E-state index is -0.839. The van der Waals surface area contributed by atoms with Gasteiger partial charge in [-0.05, 0) is 40.5 Å². The van der Waals surface area contributed by atoms with Gasteiger partial charge in [0, 0.05) is 17.9 Å². The fourth-order valence-electron chi connectivity index (χ4n) is 2.17. The lowest BCUT2D eigenvalue weighted by Gasteiger charge is -2.14. The van der Waals surface area contributed by atoms with Crippen LogP contribution in [0.5, 0.6) is 0 Å². The fraction of sp³-hybridized carbons (Fsp3) is 0.286. The number of rotatable bonds is 4. The highest BCUT2D eigenvalue weighted by Crippen LogP contribution is 2.28. The molecule has 6 heteroatoms. The van der Waals surface area contributed by atoms with Gasteiger partial charge >= 0.3 is 5.97 Å². The minimum Gasteiger partial charge on any atom is -0.481 e. The Balaban J connectivity index is 2.38. The molecule has 1 unspecified atom stereocenters. The summed E-state index contributed by atoms with van der Waals surface area (Å²) < 4.78 is 3.48. The van der Waals surface area contributed by atoms with Gasteiger partial charge < -0.3 is 5.11 Å². The van der Waals surface area contributed by atoms with Gasteiger partial charge in [0.05, 0.1) is 21.8 Å². The monoisotopic (exact) mass is 400 g/mol. The molecule has 4 nitrogen and oxygen atoms in total. The SMILES string of the molecule is Cc1nn(C)c(CC(C(=O)O)c2cccc(Br)c2)c1Br. The van der Waals surface area contributed by atoms with Gasteiger partial charge in [0.25, 0.3) is 0 Å². The number of carboxylic acid groups (broad SMARTS) is 1. The first kappa shape index (κ1) is 15.3. The molecule has 106 valence electrons. The number of aromatic nitrogens is 2. The molecule has 2 rings (SSSR count). The maximum Gasteiger partial charge on any atom is 0.311 e. The van der Waals surface area contributed by atoms with Crippen molar-refractivity contribution in [1.29, 1.82) is 0 Å². The summed E-state index contributed by atoms with van der Waals surface area (Å²) in [6.45, 7) is 1.89. The summed E-state index contributed by atoms with van der Waals surface area (Å²) in [6, 6.07) is 7.40. The normalized spacial score (nSPS) is 12.4. The van der Waals surface area contributed by atoms with Gasteiger partial charge in [0.15, 0.2) is 0 Å². The van der Waals surface area contributed by atoms with Gasteiger partial charge in [0.2, 0.25) is 0 Å². The lowest BCUT2D eigenvalue weighted by molar-refractivity contribution is -0.138. The van der Waals surface area contributed by atoms with Crippen LogP contribution in [-0.2, 0) is 18.3 Å². The third kappa shape index (κ3) is 3.12. The van der Waals surface area contributed by atoms with Crippen LogP contribution in [-0.4, -0.2) is 20.9 Å². The van der Waals surface area contributed by atoms with E-state index in [-0.39, 0.29) is 0 Å². The van der Waals surface area contributed by atoms with Crippen molar-refractivity contribution in [3.63, 3.8) is 0 Å². The van der Waals surface area contributed by atoms with Gasteiger partial charge in [-0.25, -0.2) is 0 Å². The highest BCUT2D eigenvalue weighted by Gasteiger charge is 2.24. The second-order valence-corrected chi connectivity index (χ2v) is 6.33. The van der Waals surface area contributed by atoms with E-state index in [1.807, 2.05) is 38.2 Å². The third-order valence-electron chi connectivity index (χ3n) is 3.21. The average Bonchev–Trinajstić information content (AvgIpc) is 2.60. The number of carboxylic acids is 1. The smallest absolute Gasteiger partial charge is 0.311 e. The van der Waals surface area contributed by atoms with Crippen molar-refractivity contribution in [2.45, 2.75) is 19.3 Å². The van der Waals surface area contributed by atoms with Gasteiger partial charge in [-0.2, -0.15) is 5.10 Å². The van der Waals surface area contributed by atoms with Crippen LogP contribution >= 0.6 is 31.9 Å². The molecule has 0 saturated carbocycles. The van der Waals surface area contributed by atoms with E-state index >= 15 is 0 Å². The molecule has 0 bridgehead atoms. The number of benzene rings is 1. The summed E-state index contributed by atoms with van der Waals surface area (Å²) in [5, 5.41) is 13.8. The summed E-state index contributed by atoms with van der Waals surface area (Å²) in [5.41, 5.74) is 2.52. The molecule has 0 amide bonds. The molecule has 0 fully saturated rings. The number of aliphatic carboxylic acids is 1. The van der Waals surface area contributed by atoms with Gasteiger partial charge in [0.1, 0.15) is 0 Å². The molecule has 1 heterocycles. The highest BCUT2D eigenvalue weighted by molar-refractivity contribution is 9.10. The van der Waals surface area contributed by atoms with Gasteiger partial charge in [-0.1, -0.05) is 28.1 Å². The molecule has 1 atom stereocenters. The van der Waals surface area contributed by atoms with Crippen molar-refractivity contribution in [2.75, 3.05) is 0 Å². The number of carbonyl (C=O) groups is 1. The van der Waals surface area contributed by atoms with Crippen LogP contribution in [0.2, 0.25) is 0 Å². The molecule has 0 aliphatic carbocycles. The van der Waals surface area contributed by atoms with E-state index in [0.29, 0.717) is 6.42 Å². The molecule has 1 aromatic heterocycles. The lowest BCUT2D eigenvalue weighted by Crippen LogP contribution is -2.16. The van der Waals surface area contributed by atoms with Crippen LogP contribution in [0.3, 0.4) is 0 Å². The number of aryl methyl sites for hydroxylation is 2. The number of halogens is 2. The molecular weight excluding hydrogens is 388 g/mol. The predicted molar refractivity (Wildman–Crippen MR) is 83.9 cm³/mol. The molecule has 20 heavy (non-hydrogen) atoms. The van der Waals surface area contributed by atoms with Gasteiger partial charge in [-0.3, -0.25) is 9.48 Å². The van der Waals surface area contributed by atoms with Crippen LogP contribution in [0.25, 0.3) is 0 Å². The highest BCUT2D eigenvalue weighted by atomic mass is 79.9. The minimum absolute atomic E-state index is 0.393. The quantitative estimate of drug-likeness (QED) is 0.850. The third-order valence-corrected chi connectivity index (χ3v) is 4.73. The zero-order valence-electron chi connectivity index (χ0n) is 11.1. The van der Waals surface area contributed by atoms with E-state index in [1.165, 1.54) is 0 Å². The van der Waals surface area contributed by atoms with Crippen LogP contribution < -0.4 is 0 Å². The second-order valence-electron chi connectivity index (χ2n) is 4.62. The van der Waals surface area contributed by atoms with E-state index in [2.05, 4.69) is 37.0 Å². The predicted octanol–water partition coefficient (Wildman–Crippen LogP) is 3.66. The van der Waals surface area contributed by atoms with Crippen molar-refractivity contribution in [3.05, 3.63) is 50.2 Å². The van der Waals surface area contributed by atoms with Crippen LogP contribution in [0.15, 0.2) is 33.2 Å². The maximum atomic E-state index is 11.6. The molecule has 1 aromatic carbocycles. The van der Waals surface area contributed by atoms with E-state index in [9.17, 15) is 9.90 Å². The van der Waals surface area contributed by atoms with E-state index in [4.69, 9.17) is 0 Å². The summed E-state index contributed by atoms with van der Waals surface area (Å²) in [5.74, 6) is -1.44. The first-order valence-corrected chi connectivity index (χ1v) is 7.65. The van der Waals surface area contributed by atoms with Crippen molar-refractivity contribution in [1.82, 2.24) is 9.78 Å². The van der Waals surface area contributed by atoms with Crippen molar-refractivity contribution < 1.29 is 9.90 Å². The zero-order valence-corrected chi connectivity index (χ0v) is 14.3. The van der Waals surface area contributed by atoms with E-state index in [0.717, 1.165) is 25.9 Å². The second kappa shape index (κ2) is 6.10. The number of hydrogen-bond donors (Lipinski definition) is 1. The van der Waals surface area contributed by atoms with Crippen molar-refractivity contribution in [2.24, 2.45) is 7.05 Å². The molecule has 0 aliphatic heterocycles. The first-order chi connectivity index (χ1) is 9.40. The topological polar surface area (TPSA) is 55.1 Å². The Morgan fingerprint density at radius 2 is 2.15 bits per heavy atom. The molecule has 0 aliphatic rings. The Morgan fingerprint density at radius 1 is 1.45 bits per heavy atom. The van der Waals surface area contributed by atoms with E-state index in [1.54, 1.807) is 4.68 Å². The van der Waals surface area contributed by atoms with Crippen LogP contribution in [0.1, 0.15) is 22.9 Å². The molecule has 0 radical (unpaired) electrons. The zero-order chi connectivity index (χ0) is 14.9. The van der Waals surface area contributed by atoms with Crippen molar-refractivity contribution in [3.8, 4) is 0 Å².